The lowest BCUT2D eigenvalue weighted by Crippen LogP contribution is -2.47. The number of carbonyl (C=O) groups excluding carboxylic acids is 1. The Hall–Kier alpha value is -6.19. The molecule has 6 aromatic carbocycles. The maximum absolute atomic E-state index is 14.2. The van der Waals surface area contributed by atoms with Crippen molar-refractivity contribution < 1.29 is 27.8 Å². The molecule has 5 unspecified atom stereocenters. The summed E-state index contributed by atoms with van der Waals surface area (Å²) in [5.41, 5.74) is 7.29. The SMILES string of the molecule is Cc1ccc(S(=O)(=O)NC(Cc2ccccc2)C(=O)Nc2cccc(C3OC(CN4CCC(n5c(=O)[nH]c6ccccc65)CC4)C(c4ccccc4)C(c4ccc(CO)cc4)O3)c2)cc1. The van der Waals surface area contributed by atoms with Gasteiger partial charge in [0, 0.05) is 42.8 Å². The van der Waals surface area contributed by atoms with E-state index in [1.807, 2.05) is 127 Å². The van der Waals surface area contributed by atoms with Crippen LogP contribution in [0.25, 0.3) is 11.0 Å². The van der Waals surface area contributed by atoms with Gasteiger partial charge in [0.2, 0.25) is 15.9 Å². The van der Waals surface area contributed by atoms with Gasteiger partial charge in [-0.2, -0.15) is 4.72 Å². The number of hydrogen-bond donors (Lipinski definition) is 4. The molecule has 1 amide bonds. The number of sulfonamides is 1. The molecule has 0 bridgehead atoms. The minimum absolute atomic E-state index is 0.0594. The van der Waals surface area contributed by atoms with Crippen LogP contribution < -0.4 is 15.7 Å². The normalized spacial score (nSPS) is 20.1. The van der Waals surface area contributed by atoms with Gasteiger partial charge in [0.15, 0.2) is 6.29 Å². The number of benzene rings is 6. The molecule has 1 aromatic heterocycles. The van der Waals surface area contributed by atoms with Crippen LogP contribution in [-0.2, 0) is 37.3 Å². The number of aryl methyl sites for hydroxylation is 1. The number of aliphatic hydroxyl groups excluding tert-OH is 1. The molecule has 2 aliphatic rings. The van der Waals surface area contributed by atoms with Crippen LogP contribution in [0.3, 0.4) is 0 Å². The Morgan fingerprint density at radius 3 is 2.17 bits per heavy atom. The van der Waals surface area contributed by atoms with Crippen molar-refractivity contribution in [2.75, 3.05) is 25.0 Å². The van der Waals surface area contributed by atoms with Crippen LogP contribution >= 0.6 is 0 Å². The molecule has 2 saturated heterocycles. The Bertz CT molecular complexity index is 2880. The number of carbonyl (C=O) groups is 1. The van der Waals surface area contributed by atoms with Gasteiger partial charge in [-0.25, -0.2) is 13.2 Å². The summed E-state index contributed by atoms with van der Waals surface area (Å²) >= 11 is 0. The molecule has 334 valence electrons. The largest absolute Gasteiger partial charge is 0.392 e. The Kier molecular flexibility index (Phi) is 13.2. The molecule has 2 fully saturated rings. The van der Waals surface area contributed by atoms with Gasteiger partial charge in [-0.3, -0.25) is 9.36 Å². The number of aliphatic hydroxyl groups is 1. The first kappa shape index (κ1) is 44.0. The minimum Gasteiger partial charge on any atom is -0.392 e. The third kappa shape index (κ3) is 10.1. The summed E-state index contributed by atoms with van der Waals surface area (Å²) in [6.45, 7) is 3.92. The van der Waals surface area contributed by atoms with Crippen molar-refractivity contribution in [2.45, 2.75) is 74.2 Å². The molecule has 13 heteroatoms. The first-order chi connectivity index (χ1) is 31.6. The van der Waals surface area contributed by atoms with Gasteiger partial charge in [0.25, 0.3) is 0 Å². The van der Waals surface area contributed by atoms with E-state index in [0.29, 0.717) is 17.8 Å². The first-order valence-electron chi connectivity index (χ1n) is 22.1. The van der Waals surface area contributed by atoms with Crippen LogP contribution in [0.4, 0.5) is 5.69 Å². The lowest BCUT2D eigenvalue weighted by Gasteiger charge is -2.45. The van der Waals surface area contributed by atoms with Crippen molar-refractivity contribution in [1.82, 2.24) is 19.2 Å². The fourth-order valence-electron chi connectivity index (χ4n) is 9.22. The zero-order valence-electron chi connectivity index (χ0n) is 36.1. The van der Waals surface area contributed by atoms with Gasteiger partial charge >= 0.3 is 5.69 Å². The number of para-hydroxylation sites is 2. The minimum atomic E-state index is -4.05. The topological polar surface area (TPSA) is 155 Å². The summed E-state index contributed by atoms with van der Waals surface area (Å²) in [6, 6.07) is 47.9. The summed E-state index contributed by atoms with van der Waals surface area (Å²) in [7, 11) is -4.05. The van der Waals surface area contributed by atoms with Crippen molar-refractivity contribution in [3.63, 3.8) is 0 Å². The van der Waals surface area contributed by atoms with Gasteiger partial charge in [0.05, 0.1) is 34.7 Å². The highest BCUT2D eigenvalue weighted by atomic mass is 32.2. The zero-order chi connectivity index (χ0) is 44.9. The second kappa shape index (κ2) is 19.5. The smallest absolute Gasteiger partial charge is 0.326 e. The predicted octanol–water partition coefficient (Wildman–Crippen LogP) is 7.93. The number of H-pyrrole nitrogens is 1. The van der Waals surface area contributed by atoms with E-state index in [1.165, 1.54) is 12.1 Å². The highest BCUT2D eigenvalue weighted by Gasteiger charge is 2.43. The van der Waals surface area contributed by atoms with Crippen LogP contribution in [0.5, 0.6) is 0 Å². The maximum Gasteiger partial charge on any atom is 0.326 e. The number of piperidine rings is 1. The molecule has 9 rings (SSSR count). The molecule has 12 nitrogen and oxygen atoms in total. The molecule has 5 atom stereocenters. The number of aromatic nitrogens is 2. The highest BCUT2D eigenvalue weighted by molar-refractivity contribution is 7.89. The second-order valence-electron chi connectivity index (χ2n) is 17.0. The lowest BCUT2D eigenvalue weighted by atomic mass is 9.83. The average Bonchev–Trinajstić information content (AvgIpc) is 3.67. The number of nitrogens with zero attached hydrogens (tertiary/aromatic N) is 2. The number of likely N-dealkylation sites (tertiary alicyclic amines) is 1. The van der Waals surface area contributed by atoms with Crippen LogP contribution in [-0.4, -0.2) is 65.7 Å². The molecule has 0 aliphatic carbocycles. The lowest BCUT2D eigenvalue weighted by molar-refractivity contribution is -0.264. The van der Waals surface area contributed by atoms with Crippen molar-refractivity contribution in [1.29, 1.82) is 0 Å². The summed E-state index contributed by atoms with van der Waals surface area (Å²) in [4.78, 5) is 32.8. The molecular weight excluding hydrogens is 839 g/mol. The van der Waals surface area contributed by atoms with Gasteiger partial charge in [-0.15, -0.1) is 0 Å². The number of aromatic amines is 1. The number of nitrogens with one attached hydrogen (secondary N) is 3. The van der Waals surface area contributed by atoms with Crippen LogP contribution in [0.2, 0.25) is 0 Å². The summed E-state index contributed by atoms with van der Waals surface area (Å²) in [5, 5.41) is 12.9. The van der Waals surface area contributed by atoms with Gasteiger partial charge < -0.3 is 29.8 Å². The molecule has 65 heavy (non-hydrogen) atoms. The average molecular weight is 892 g/mol. The summed E-state index contributed by atoms with van der Waals surface area (Å²) in [6.07, 6.45) is 0.0647. The molecule has 4 N–H and O–H groups in total. The van der Waals surface area contributed by atoms with Crippen molar-refractivity contribution in [3.05, 3.63) is 202 Å². The van der Waals surface area contributed by atoms with E-state index < -0.39 is 34.4 Å². The quantitative estimate of drug-likeness (QED) is 0.0859. The fourth-order valence-corrected chi connectivity index (χ4v) is 10.4. The number of imidazole rings is 1. The zero-order valence-corrected chi connectivity index (χ0v) is 36.9. The van der Waals surface area contributed by atoms with E-state index in [9.17, 15) is 23.1 Å². The van der Waals surface area contributed by atoms with E-state index >= 15 is 0 Å². The third-order valence-electron chi connectivity index (χ3n) is 12.6. The number of hydrogen-bond acceptors (Lipinski definition) is 8. The van der Waals surface area contributed by atoms with Crippen LogP contribution in [0.15, 0.2) is 167 Å². The van der Waals surface area contributed by atoms with Crippen molar-refractivity contribution in [2.24, 2.45) is 0 Å². The van der Waals surface area contributed by atoms with Gasteiger partial charge in [0.1, 0.15) is 6.04 Å². The van der Waals surface area contributed by atoms with E-state index in [-0.39, 0.29) is 41.7 Å². The molecule has 7 aromatic rings. The molecule has 3 heterocycles. The van der Waals surface area contributed by atoms with E-state index in [0.717, 1.165) is 64.8 Å². The third-order valence-corrected chi connectivity index (χ3v) is 14.1. The van der Waals surface area contributed by atoms with E-state index in [2.05, 4.69) is 32.1 Å². The van der Waals surface area contributed by atoms with E-state index in [1.54, 1.807) is 18.2 Å². The van der Waals surface area contributed by atoms with E-state index in [4.69, 9.17) is 9.47 Å². The Morgan fingerprint density at radius 2 is 1.45 bits per heavy atom. The maximum atomic E-state index is 14.2. The molecule has 2 aliphatic heterocycles. The molecular formula is C52H53N5O7S. The van der Waals surface area contributed by atoms with Gasteiger partial charge in [-0.05, 0) is 84.8 Å². The summed E-state index contributed by atoms with van der Waals surface area (Å²) in [5.74, 6) is -0.737. The number of rotatable bonds is 14. The summed E-state index contributed by atoms with van der Waals surface area (Å²) < 4.78 is 45.9. The molecule has 0 saturated carbocycles. The number of anilines is 1. The Morgan fingerprint density at radius 1 is 0.769 bits per heavy atom. The van der Waals surface area contributed by atoms with Gasteiger partial charge in [-0.1, -0.05) is 127 Å². The monoisotopic (exact) mass is 891 g/mol. The second-order valence-corrected chi connectivity index (χ2v) is 18.8. The highest BCUT2D eigenvalue weighted by Crippen LogP contribution is 2.47. The number of ether oxygens (including phenoxy) is 2. The Balaban J connectivity index is 0.994. The first-order valence-corrected chi connectivity index (χ1v) is 23.6. The fraction of sp³-hybridized carbons (Fsp3) is 0.269. The molecule has 0 radical (unpaired) electrons. The standard InChI is InChI=1S/C52H53N5O7S/c1-35-19-25-43(26-20-35)65(61,62)55-45(31-36-11-4-2-5-12-36)50(59)53-41-16-10-15-40(32-41)51-63-47(33-56-29-27-42(28-30-56)57-46-18-9-8-17-44(46)54-52(57)60)48(38-13-6-3-7-14-38)49(64-51)39-23-21-37(34-58)22-24-39/h2-26,32,42,45,47-49,51,55,58H,27-31,33-34H2,1H3,(H,53,59)(H,54,60). The Labute approximate surface area is 378 Å². The van der Waals surface area contributed by atoms with Crippen molar-refractivity contribution in [3.8, 4) is 0 Å². The van der Waals surface area contributed by atoms with Crippen LogP contribution in [0, 0.1) is 6.92 Å². The number of amides is 1. The van der Waals surface area contributed by atoms with Crippen molar-refractivity contribution >= 4 is 32.7 Å². The number of fused-ring (bicyclic) bond motifs is 1. The predicted molar refractivity (Wildman–Crippen MR) is 251 cm³/mol. The van der Waals surface area contributed by atoms with Crippen LogP contribution in [0.1, 0.15) is 70.6 Å². The molecule has 0 spiro atoms.